The summed E-state index contributed by atoms with van der Waals surface area (Å²) in [4.78, 5) is 0.150. The summed E-state index contributed by atoms with van der Waals surface area (Å²) in [5.41, 5.74) is 2.16. The predicted molar refractivity (Wildman–Crippen MR) is 69.4 cm³/mol. The summed E-state index contributed by atoms with van der Waals surface area (Å²) in [6.45, 7) is 6.24. The molecule has 0 aliphatic heterocycles. The third-order valence-electron chi connectivity index (χ3n) is 2.82. The van der Waals surface area contributed by atoms with Crippen LogP contribution in [0, 0.1) is 20.8 Å². The van der Waals surface area contributed by atoms with Gasteiger partial charge in [0.05, 0.1) is 11.5 Å². The zero-order valence-electron chi connectivity index (χ0n) is 11.1. The van der Waals surface area contributed by atoms with Gasteiger partial charge >= 0.3 is 0 Å². The van der Waals surface area contributed by atoms with E-state index >= 15 is 0 Å². The lowest BCUT2D eigenvalue weighted by atomic mass is 10.1. The number of benzene rings is 1. The molecule has 0 aliphatic rings. The van der Waals surface area contributed by atoms with Crippen LogP contribution in [0.4, 0.5) is 0 Å². The molecule has 0 saturated heterocycles. The molecule has 1 aromatic carbocycles. The van der Waals surface area contributed by atoms with E-state index in [0.29, 0.717) is 24.5 Å². The minimum atomic E-state index is -3.70. The number of hydrogen-bond donors (Lipinski definition) is 1. The van der Waals surface area contributed by atoms with Crippen LogP contribution in [0.2, 0.25) is 0 Å². The zero-order chi connectivity index (χ0) is 13.9. The van der Waals surface area contributed by atoms with Crippen molar-refractivity contribution >= 4 is 10.0 Å². The molecule has 5 nitrogen and oxygen atoms in total. The standard InChI is InChI=1S/C12H19NO4S/c1-8-7-11(18(13,14)15)9(2)10(3)12(8)17-6-5-16-4/h7H,5-6H2,1-4H3,(H2,13,14,15). The smallest absolute Gasteiger partial charge is 0.238 e. The van der Waals surface area contributed by atoms with Crippen LogP contribution in [-0.4, -0.2) is 28.7 Å². The Labute approximate surface area is 108 Å². The van der Waals surface area contributed by atoms with Crippen LogP contribution >= 0.6 is 0 Å². The molecule has 0 bridgehead atoms. The molecule has 0 aromatic heterocycles. The molecule has 0 fully saturated rings. The maximum atomic E-state index is 11.4. The second-order valence-electron chi connectivity index (χ2n) is 4.16. The Morgan fingerprint density at radius 3 is 2.28 bits per heavy atom. The van der Waals surface area contributed by atoms with Gasteiger partial charge in [0.15, 0.2) is 0 Å². The maximum Gasteiger partial charge on any atom is 0.238 e. The highest BCUT2D eigenvalue weighted by molar-refractivity contribution is 7.89. The molecule has 2 N–H and O–H groups in total. The fourth-order valence-corrected chi connectivity index (χ4v) is 2.69. The maximum absolute atomic E-state index is 11.4. The topological polar surface area (TPSA) is 78.6 Å². The average molecular weight is 273 g/mol. The number of sulfonamides is 1. The number of ether oxygens (including phenoxy) is 2. The average Bonchev–Trinajstić information content (AvgIpc) is 2.26. The van der Waals surface area contributed by atoms with E-state index in [0.717, 1.165) is 11.1 Å². The van der Waals surface area contributed by atoms with Crippen LogP contribution in [0.1, 0.15) is 16.7 Å². The zero-order valence-corrected chi connectivity index (χ0v) is 11.9. The molecule has 0 spiro atoms. The van der Waals surface area contributed by atoms with Gasteiger partial charge in [-0.1, -0.05) is 0 Å². The first kappa shape index (κ1) is 14.9. The molecule has 18 heavy (non-hydrogen) atoms. The number of nitrogens with two attached hydrogens (primary N) is 1. The molecule has 0 unspecified atom stereocenters. The van der Waals surface area contributed by atoms with Gasteiger partial charge in [-0.05, 0) is 43.5 Å². The third kappa shape index (κ3) is 3.22. The normalized spacial score (nSPS) is 11.6. The number of aryl methyl sites for hydroxylation is 1. The highest BCUT2D eigenvalue weighted by Gasteiger charge is 2.18. The third-order valence-corrected chi connectivity index (χ3v) is 3.86. The lowest BCUT2D eigenvalue weighted by molar-refractivity contribution is 0.145. The molecule has 102 valence electrons. The first-order valence-electron chi connectivity index (χ1n) is 5.54. The van der Waals surface area contributed by atoms with E-state index < -0.39 is 10.0 Å². The number of primary sulfonamides is 1. The van der Waals surface area contributed by atoms with Gasteiger partial charge in [0, 0.05) is 7.11 Å². The van der Waals surface area contributed by atoms with E-state index in [9.17, 15) is 8.42 Å². The molecule has 0 amide bonds. The second kappa shape index (κ2) is 5.69. The Morgan fingerprint density at radius 1 is 1.17 bits per heavy atom. The number of rotatable bonds is 5. The van der Waals surface area contributed by atoms with Gasteiger partial charge in [0.25, 0.3) is 0 Å². The lowest BCUT2D eigenvalue weighted by Gasteiger charge is -2.16. The van der Waals surface area contributed by atoms with Crippen molar-refractivity contribution in [3.63, 3.8) is 0 Å². The summed E-state index contributed by atoms with van der Waals surface area (Å²) in [7, 11) is -2.11. The highest BCUT2D eigenvalue weighted by atomic mass is 32.2. The fourth-order valence-electron chi connectivity index (χ4n) is 1.77. The summed E-state index contributed by atoms with van der Waals surface area (Å²) in [6, 6.07) is 1.54. The summed E-state index contributed by atoms with van der Waals surface area (Å²) >= 11 is 0. The fraction of sp³-hybridized carbons (Fsp3) is 0.500. The van der Waals surface area contributed by atoms with E-state index in [1.165, 1.54) is 0 Å². The molecule has 0 heterocycles. The first-order valence-corrected chi connectivity index (χ1v) is 7.09. The van der Waals surface area contributed by atoms with Gasteiger partial charge < -0.3 is 9.47 Å². The Kier molecular flexibility index (Phi) is 4.72. The van der Waals surface area contributed by atoms with E-state index in [1.807, 2.05) is 6.92 Å². The highest BCUT2D eigenvalue weighted by Crippen LogP contribution is 2.30. The van der Waals surface area contributed by atoms with Crippen molar-refractivity contribution in [3.05, 3.63) is 22.8 Å². The van der Waals surface area contributed by atoms with Crippen LogP contribution in [0.5, 0.6) is 5.75 Å². The largest absolute Gasteiger partial charge is 0.491 e. The quantitative estimate of drug-likeness (QED) is 0.820. The Balaban J connectivity index is 3.21. The summed E-state index contributed by atoms with van der Waals surface area (Å²) in [5.74, 6) is 0.692. The van der Waals surface area contributed by atoms with Gasteiger partial charge in [-0.2, -0.15) is 0 Å². The molecule has 0 saturated carbocycles. The SMILES string of the molecule is COCCOc1c(C)cc(S(N)(=O)=O)c(C)c1C. The van der Waals surface area contributed by atoms with Crippen molar-refractivity contribution in [1.29, 1.82) is 0 Å². The number of hydrogen-bond acceptors (Lipinski definition) is 4. The molecule has 0 atom stereocenters. The van der Waals surface area contributed by atoms with Gasteiger partial charge in [-0.3, -0.25) is 0 Å². The summed E-state index contributed by atoms with van der Waals surface area (Å²) in [5, 5.41) is 5.18. The predicted octanol–water partition coefficient (Wildman–Crippen LogP) is 1.28. The Hall–Kier alpha value is -1.11. The lowest BCUT2D eigenvalue weighted by Crippen LogP contribution is -2.15. The van der Waals surface area contributed by atoms with E-state index in [2.05, 4.69) is 0 Å². The minimum absolute atomic E-state index is 0.150. The van der Waals surface area contributed by atoms with Crippen molar-refractivity contribution in [2.75, 3.05) is 20.3 Å². The van der Waals surface area contributed by atoms with Crippen molar-refractivity contribution in [1.82, 2.24) is 0 Å². The molecule has 1 aromatic rings. The van der Waals surface area contributed by atoms with Gasteiger partial charge in [-0.25, -0.2) is 13.6 Å². The van der Waals surface area contributed by atoms with Gasteiger partial charge in [0.1, 0.15) is 12.4 Å². The molecular formula is C12H19NO4S. The first-order chi connectivity index (χ1) is 8.29. The monoisotopic (exact) mass is 273 g/mol. The van der Waals surface area contributed by atoms with Crippen molar-refractivity contribution in [2.45, 2.75) is 25.7 Å². The molecule has 6 heteroatoms. The van der Waals surface area contributed by atoms with Crippen LogP contribution in [0.3, 0.4) is 0 Å². The summed E-state index contributed by atoms with van der Waals surface area (Å²) < 4.78 is 33.4. The Bertz CT molecular complexity index is 537. The van der Waals surface area contributed by atoms with Crippen molar-refractivity contribution in [2.24, 2.45) is 5.14 Å². The minimum Gasteiger partial charge on any atom is -0.491 e. The van der Waals surface area contributed by atoms with Crippen LogP contribution in [0.15, 0.2) is 11.0 Å². The molecule has 1 rings (SSSR count). The van der Waals surface area contributed by atoms with Gasteiger partial charge in [0.2, 0.25) is 10.0 Å². The number of methoxy groups -OCH3 is 1. The van der Waals surface area contributed by atoms with Crippen LogP contribution in [-0.2, 0) is 14.8 Å². The summed E-state index contributed by atoms with van der Waals surface area (Å²) in [6.07, 6.45) is 0. The van der Waals surface area contributed by atoms with Crippen molar-refractivity contribution in [3.8, 4) is 5.75 Å². The van der Waals surface area contributed by atoms with Crippen LogP contribution in [0.25, 0.3) is 0 Å². The molecule has 0 aliphatic carbocycles. The van der Waals surface area contributed by atoms with E-state index in [-0.39, 0.29) is 4.90 Å². The second-order valence-corrected chi connectivity index (χ2v) is 5.69. The van der Waals surface area contributed by atoms with E-state index in [4.69, 9.17) is 14.6 Å². The molecule has 0 radical (unpaired) electrons. The van der Waals surface area contributed by atoms with Crippen molar-refractivity contribution < 1.29 is 17.9 Å². The molecular weight excluding hydrogens is 254 g/mol. The van der Waals surface area contributed by atoms with E-state index in [1.54, 1.807) is 27.0 Å². The van der Waals surface area contributed by atoms with Crippen LogP contribution < -0.4 is 9.88 Å². The Morgan fingerprint density at radius 2 is 1.78 bits per heavy atom. The van der Waals surface area contributed by atoms with Gasteiger partial charge in [-0.15, -0.1) is 0 Å².